The van der Waals surface area contributed by atoms with Crippen molar-refractivity contribution in [1.82, 2.24) is 0 Å². The molecular formula is C14H13F3O. The van der Waals surface area contributed by atoms with Gasteiger partial charge in [-0.3, -0.25) is 4.79 Å². The first-order valence-electron chi connectivity index (χ1n) is 6.24. The predicted octanol–water partition coefficient (Wildman–Crippen LogP) is 4.18. The molecule has 2 aliphatic carbocycles. The van der Waals surface area contributed by atoms with E-state index >= 15 is 0 Å². The molecule has 2 aliphatic rings. The average molecular weight is 254 g/mol. The smallest absolute Gasteiger partial charge is 0.294 e. The van der Waals surface area contributed by atoms with E-state index in [-0.39, 0.29) is 23.2 Å². The lowest BCUT2D eigenvalue weighted by Gasteiger charge is -2.24. The summed E-state index contributed by atoms with van der Waals surface area (Å²) in [6, 6.07) is 4.14. The Morgan fingerprint density at radius 1 is 1.06 bits per heavy atom. The predicted molar refractivity (Wildman–Crippen MR) is 60.5 cm³/mol. The van der Waals surface area contributed by atoms with Crippen molar-refractivity contribution in [3.05, 3.63) is 34.9 Å². The molecule has 1 fully saturated rings. The lowest BCUT2D eigenvalue weighted by molar-refractivity contribution is -0.137. The van der Waals surface area contributed by atoms with Gasteiger partial charge in [-0.05, 0) is 30.4 Å². The zero-order valence-electron chi connectivity index (χ0n) is 9.76. The number of rotatable bonds is 0. The topological polar surface area (TPSA) is 17.1 Å². The van der Waals surface area contributed by atoms with Gasteiger partial charge in [0.25, 0.3) is 0 Å². The number of halogens is 3. The van der Waals surface area contributed by atoms with Crippen molar-refractivity contribution in [2.75, 3.05) is 0 Å². The second-order valence-corrected chi connectivity index (χ2v) is 5.13. The van der Waals surface area contributed by atoms with E-state index in [2.05, 4.69) is 0 Å². The Morgan fingerprint density at radius 2 is 1.72 bits per heavy atom. The van der Waals surface area contributed by atoms with Crippen LogP contribution in [0.5, 0.6) is 0 Å². The first kappa shape index (κ1) is 11.8. The molecule has 18 heavy (non-hydrogen) atoms. The number of Topliss-reactive ketones (excluding diaryl/α,β-unsaturated/α-hetero) is 1. The summed E-state index contributed by atoms with van der Waals surface area (Å²) >= 11 is 0. The van der Waals surface area contributed by atoms with Crippen LogP contribution in [-0.4, -0.2) is 5.78 Å². The summed E-state index contributed by atoms with van der Waals surface area (Å²) in [4.78, 5) is 12.2. The van der Waals surface area contributed by atoms with Gasteiger partial charge < -0.3 is 0 Å². The van der Waals surface area contributed by atoms with Gasteiger partial charge in [-0.2, -0.15) is 13.2 Å². The second kappa shape index (κ2) is 3.84. The number of fused-ring (bicyclic) bond motifs is 3. The minimum absolute atomic E-state index is 0.0172. The van der Waals surface area contributed by atoms with Crippen LogP contribution in [0.3, 0.4) is 0 Å². The van der Waals surface area contributed by atoms with Crippen LogP contribution in [0.4, 0.5) is 13.2 Å². The van der Waals surface area contributed by atoms with Gasteiger partial charge in [0.15, 0.2) is 5.78 Å². The molecule has 1 aromatic rings. The lowest BCUT2D eigenvalue weighted by Crippen LogP contribution is -2.18. The van der Waals surface area contributed by atoms with E-state index in [1.807, 2.05) is 0 Å². The minimum Gasteiger partial charge on any atom is -0.294 e. The van der Waals surface area contributed by atoms with Gasteiger partial charge in [0.1, 0.15) is 0 Å². The summed E-state index contributed by atoms with van der Waals surface area (Å²) in [5, 5.41) is 0. The molecule has 0 saturated heterocycles. The number of carbonyl (C=O) groups is 1. The minimum atomic E-state index is -4.44. The zero-order chi connectivity index (χ0) is 12.9. The van der Waals surface area contributed by atoms with E-state index in [1.165, 1.54) is 6.07 Å². The molecule has 1 aromatic carbocycles. The Morgan fingerprint density at radius 3 is 2.39 bits per heavy atom. The molecule has 0 heterocycles. The summed E-state index contributed by atoms with van der Waals surface area (Å²) in [7, 11) is 0. The summed E-state index contributed by atoms with van der Waals surface area (Å²) in [5.41, 5.74) is -0.180. The fourth-order valence-electron chi connectivity index (χ4n) is 3.39. The average Bonchev–Trinajstić information content (AvgIpc) is 2.63. The van der Waals surface area contributed by atoms with Gasteiger partial charge in [0.05, 0.1) is 5.56 Å². The number of ketones is 1. The van der Waals surface area contributed by atoms with Crippen LogP contribution in [0.2, 0.25) is 0 Å². The highest BCUT2D eigenvalue weighted by Gasteiger charge is 2.46. The molecule has 2 unspecified atom stereocenters. The monoisotopic (exact) mass is 254 g/mol. The maximum atomic E-state index is 12.9. The largest absolute Gasteiger partial charge is 0.417 e. The van der Waals surface area contributed by atoms with Gasteiger partial charge in [-0.1, -0.05) is 25.0 Å². The second-order valence-electron chi connectivity index (χ2n) is 5.13. The highest BCUT2D eigenvalue weighted by Crippen LogP contribution is 2.49. The number of alkyl halides is 3. The molecule has 0 aromatic heterocycles. The molecule has 3 rings (SSSR count). The number of hydrogen-bond acceptors (Lipinski definition) is 1. The van der Waals surface area contributed by atoms with Gasteiger partial charge in [0.2, 0.25) is 0 Å². The van der Waals surface area contributed by atoms with Gasteiger partial charge >= 0.3 is 6.18 Å². The third-order valence-corrected chi connectivity index (χ3v) is 4.15. The molecule has 1 saturated carbocycles. The Kier molecular flexibility index (Phi) is 2.50. The fourth-order valence-corrected chi connectivity index (χ4v) is 3.39. The molecule has 1 nitrogen and oxygen atoms in total. The maximum absolute atomic E-state index is 12.9. The molecule has 0 N–H and O–H groups in total. The first-order valence-corrected chi connectivity index (χ1v) is 6.24. The third kappa shape index (κ3) is 1.58. The normalized spacial score (nSPS) is 26.9. The summed E-state index contributed by atoms with van der Waals surface area (Å²) in [6.45, 7) is 0. The molecule has 0 radical (unpaired) electrons. The lowest BCUT2D eigenvalue weighted by atomic mass is 9.79. The molecular weight excluding hydrogens is 241 g/mol. The van der Waals surface area contributed by atoms with E-state index in [0.717, 1.165) is 31.7 Å². The molecule has 96 valence electrons. The molecule has 2 atom stereocenters. The van der Waals surface area contributed by atoms with E-state index in [9.17, 15) is 18.0 Å². The van der Waals surface area contributed by atoms with Crippen LogP contribution in [0.15, 0.2) is 18.2 Å². The zero-order valence-corrected chi connectivity index (χ0v) is 9.76. The quantitative estimate of drug-likeness (QED) is 0.679. The van der Waals surface area contributed by atoms with Crippen LogP contribution in [0, 0.1) is 5.92 Å². The van der Waals surface area contributed by atoms with E-state index in [0.29, 0.717) is 5.56 Å². The summed E-state index contributed by atoms with van der Waals surface area (Å²) in [5.74, 6) is -0.483. The number of benzene rings is 1. The maximum Gasteiger partial charge on any atom is 0.417 e. The van der Waals surface area contributed by atoms with Crippen molar-refractivity contribution in [3.63, 3.8) is 0 Å². The first-order chi connectivity index (χ1) is 8.50. The van der Waals surface area contributed by atoms with Crippen LogP contribution in [-0.2, 0) is 6.18 Å². The Hall–Kier alpha value is -1.32. The Labute approximate surface area is 103 Å². The van der Waals surface area contributed by atoms with Crippen molar-refractivity contribution < 1.29 is 18.0 Å². The Bertz CT molecular complexity index is 504. The van der Waals surface area contributed by atoms with Crippen LogP contribution in [0.25, 0.3) is 0 Å². The van der Waals surface area contributed by atoms with Crippen LogP contribution in [0.1, 0.15) is 53.1 Å². The highest BCUT2D eigenvalue weighted by atomic mass is 19.4. The molecule has 0 aliphatic heterocycles. The van der Waals surface area contributed by atoms with E-state index in [4.69, 9.17) is 0 Å². The fraction of sp³-hybridized carbons (Fsp3) is 0.500. The third-order valence-electron chi connectivity index (χ3n) is 4.15. The van der Waals surface area contributed by atoms with Gasteiger partial charge in [0, 0.05) is 11.5 Å². The molecule has 0 amide bonds. The summed E-state index contributed by atoms with van der Waals surface area (Å²) < 4.78 is 38.8. The Balaban J connectivity index is 2.16. The molecule has 4 heteroatoms. The van der Waals surface area contributed by atoms with Gasteiger partial charge in [-0.15, -0.1) is 0 Å². The van der Waals surface area contributed by atoms with E-state index in [1.54, 1.807) is 6.07 Å². The number of hydrogen-bond donors (Lipinski definition) is 0. The SMILES string of the molecule is O=C1c2c(cccc2C(F)(F)F)C2CCCCC12. The molecule has 0 bridgehead atoms. The van der Waals surface area contributed by atoms with E-state index < -0.39 is 11.7 Å². The van der Waals surface area contributed by atoms with Gasteiger partial charge in [-0.25, -0.2) is 0 Å². The standard InChI is InChI=1S/C14H13F3O/c15-14(16,17)11-7-3-6-9-8-4-1-2-5-10(8)13(18)12(9)11/h3,6-8,10H,1-2,4-5H2. The van der Waals surface area contributed by atoms with Crippen molar-refractivity contribution in [2.45, 2.75) is 37.8 Å². The number of carbonyl (C=O) groups excluding carboxylic acids is 1. The summed E-state index contributed by atoms with van der Waals surface area (Å²) in [6.07, 6.45) is -0.916. The van der Waals surface area contributed by atoms with Crippen molar-refractivity contribution >= 4 is 5.78 Å². The van der Waals surface area contributed by atoms with Crippen molar-refractivity contribution in [1.29, 1.82) is 0 Å². The van der Waals surface area contributed by atoms with Crippen LogP contribution < -0.4 is 0 Å². The molecule has 0 spiro atoms. The highest BCUT2D eigenvalue weighted by molar-refractivity contribution is 6.04. The van der Waals surface area contributed by atoms with Crippen LogP contribution >= 0.6 is 0 Å². The van der Waals surface area contributed by atoms with Crippen molar-refractivity contribution in [3.8, 4) is 0 Å². The van der Waals surface area contributed by atoms with Crippen molar-refractivity contribution in [2.24, 2.45) is 5.92 Å².